The molecule has 2 nitrogen and oxygen atoms in total. The maximum atomic E-state index is 6.01. The van der Waals surface area contributed by atoms with Gasteiger partial charge in [0.05, 0.1) is 6.10 Å². The van der Waals surface area contributed by atoms with Crippen LogP contribution >= 0.6 is 15.9 Å². The largest absolute Gasteiger partial charge is 0.490 e. The number of hydrogen-bond donors (Lipinski definition) is 1. The summed E-state index contributed by atoms with van der Waals surface area (Å²) < 4.78 is 7.09. The Labute approximate surface area is 112 Å². The number of ether oxygens (including phenoxy) is 1. The maximum absolute atomic E-state index is 6.01. The monoisotopic (exact) mass is 297 g/mol. The lowest BCUT2D eigenvalue weighted by Crippen LogP contribution is -2.28. The van der Waals surface area contributed by atoms with Crippen molar-refractivity contribution in [3.8, 4) is 5.75 Å². The van der Waals surface area contributed by atoms with E-state index >= 15 is 0 Å². The van der Waals surface area contributed by atoms with Crippen LogP contribution in [-0.2, 0) is 0 Å². The van der Waals surface area contributed by atoms with E-state index in [1.54, 1.807) is 0 Å². The molecule has 1 aliphatic carbocycles. The van der Waals surface area contributed by atoms with E-state index in [2.05, 4.69) is 21.2 Å². The molecule has 1 N–H and O–H groups in total. The molecular formula is C14H20BrNO. The van der Waals surface area contributed by atoms with Crippen LogP contribution in [0.3, 0.4) is 0 Å². The van der Waals surface area contributed by atoms with Gasteiger partial charge in [0.2, 0.25) is 0 Å². The molecule has 0 radical (unpaired) electrons. The third kappa shape index (κ3) is 4.00. The van der Waals surface area contributed by atoms with E-state index in [0.717, 1.165) is 22.7 Å². The van der Waals surface area contributed by atoms with E-state index < -0.39 is 0 Å². The van der Waals surface area contributed by atoms with Crippen molar-refractivity contribution in [1.82, 2.24) is 5.32 Å². The van der Waals surface area contributed by atoms with Crippen LogP contribution in [-0.4, -0.2) is 19.7 Å². The van der Waals surface area contributed by atoms with E-state index in [-0.39, 0.29) is 0 Å². The highest BCUT2D eigenvalue weighted by Crippen LogP contribution is 2.28. The lowest BCUT2D eigenvalue weighted by Gasteiger charge is -2.28. The second kappa shape index (κ2) is 6.41. The lowest BCUT2D eigenvalue weighted by molar-refractivity contribution is 0.131. The van der Waals surface area contributed by atoms with Crippen molar-refractivity contribution in [3.63, 3.8) is 0 Å². The van der Waals surface area contributed by atoms with Gasteiger partial charge in [-0.15, -0.1) is 0 Å². The van der Waals surface area contributed by atoms with Gasteiger partial charge in [0.15, 0.2) is 0 Å². The van der Waals surface area contributed by atoms with Crippen LogP contribution in [0.4, 0.5) is 0 Å². The second-order valence-electron chi connectivity index (χ2n) is 4.78. The molecule has 0 saturated heterocycles. The zero-order chi connectivity index (χ0) is 12.1. The van der Waals surface area contributed by atoms with Crippen LogP contribution < -0.4 is 10.1 Å². The van der Waals surface area contributed by atoms with Crippen LogP contribution in [0.5, 0.6) is 5.75 Å². The van der Waals surface area contributed by atoms with Gasteiger partial charge in [-0.3, -0.25) is 0 Å². The van der Waals surface area contributed by atoms with Gasteiger partial charge in [0.25, 0.3) is 0 Å². The average Bonchev–Trinajstić information content (AvgIpc) is 2.32. The van der Waals surface area contributed by atoms with Gasteiger partial charge >= 0.3 is 0 Å². The molecule has 1 aromatic rings. The van der Waals surface area contributed by atoms with Gasteiger partial charge in [-0.2, -0.15) is 0 Å². The molecule has 94 valence electrons. The van der Waals surface area contributed by atoms with Crippen molar-refractivity contribution in [1.29, 1.82) is 0 Å². The zero-order valence-electron chi connectivity index (χ0n) is 10.3. The number of rotatable bonds is 4. The molecule has 0 aliphatic heterocycles. The van der Waals surface area contributed by atoms with Crippen LogP contribution in [0.25, 0.3) is 0 Å². The Balaban J connectivity index is 1.82. The normalized spacial score (nSPS) is 24.6. The Morgan fingerprint density at radius 3 is 2.71 bits per heavy atom. The van der Waals surface area contributed by atoms with Gasteiger partial charge in [-0.1, -0.05) is 22.0 Å². The van der Waals surface area contributed by atoms with Crippen molar-refractivity contribution in [2.24, 2.45) is 5.92 Å². The van der Waals surface area contributed by atoms with E-state index in [4.69, 9.17) is 4.74 Å². The molecule has 0 amide bonds. The summed E-state index contributed by atoms with van der Waals surface area (Å²) >= 11 is 3.47. The maximum Gasteiger partial charge on any atom is 0.120 e. The average molecular weight is 298 g/mol. The van der Waals surface area contributed by atoms with E-state index in [1.807, 2.05) is 31.3 Å². The number of benzene rings is 1. The highest BCUT2D eigenvalue weighted by atomic mass is 79.9. The van der Waals surface area contributed by atoms with Crippen molar-refractivity contribution in [3.05, 3.63) is 28.7 Å². The Kier molecular flexibility index (Phi) is 4.86. The highest BCUT2D eigenvalue weighted by Gasteiger charge is 2.21. The topological polar surface area (TPSA) is 21.3 Å². The Bertz CT molecular complexity index is 348. The van der Waals surface area contributed by atoms with Gasteiger partial charge in [0.1, 0.15) is 5.75 Å². The van der Waals surface area contributed by atoms with Crippen LogP contribution in [0.2, 0.25) is 0 Å². The van der Waals surface area contributed by atoms with Crippen molar-refractivity contribution in [2.45, 2.75) is 31.8 Å². The summed E-state index contributed by atoms with van der Waals surface area (Å²) in [5.41, 5.74) is 0. The summed E-state index contributed by atoms with van der Waals surface area (Å²) in [6.07, 6.45) is 5.31. The third-order valence-electron chi connectivity index (χ3n) is 3.39. The molecule has 0 bridgehead atoms. The molecule has 0 aromatic heterocycles. The minimum absolute atomic E-state index is 0.400. The fraction of sp³-hybridized carbons (Fsp3) is 0.571. The summed E-state index contributed by atoms with van der Waals surface area (Å²) in [5, 5.41) is 3.26. The van der Waals surface area contributed by atoms with E-state index in [1.165, 1.54) is 25.7 Å². The van der Waals surface area contributed by atoms with Crippen molar-refractivity contribution in [2.75, 3.05) is 13.6 Å². The number of halogens is 1. The fourth-order valence-electron chi connectivity index (χ4n) is 2.48. The number of nitrogens with one attached hydrogen (secondary N) is 1. The van der Waals surface area contributed by atoms with Gasteiger partial charge in [0, 0.05) is 4.47 Å². The van der Waals surface area contributed by atoms with Crippen LogP contribution in [0.1, 0.15) is 25.7 Å². The molecule has 1 saturated carbocycles. The predicted octanol–water partition coefficient (Wildman–Crippen LogP) is 3.61. The third-order valence-corrected chi connectivity index (χ3v) is 3.88. The van der Waals surface area contributed by atoms with Crippen molar-refractivity contribution >= 4 is 15.9 Å². The smallest absolute Gasteiger partial charge is 0.120 e. The predicted molar refractivity (Wildman–Crippen MR) is 74.4 cm³/mol. The van der Waals surface area contributed by atoms with Gasteiger partial charge in [-0.05, 0) is 63.4 Å². The summed E-state index contributed by atoms with van der Waals surface area (Å²) in [4.78, 5) is 0. The first-order valence-electron chi connectivity index (χ1n) is 6.34. The van der Waals surface area contributed by atoms with Crippen LogP contribution in [0.15, 0.2) is 28.7 Å². The standard InChI is InChI=1S/C14H20BrNO/c1-16-10-11-5-7-13(8-6-11)17-14-4-2-3-12(15)9-14/h2-4,9,11,13,16H,5-8,10H2,1H3. The molecule has 2 rings (SSSR count). The Morgan fingerprint density at radius 1 is 1.29 bits per heavy atom. The summed E-state index contributed by atoms with van der Waals surface area (Å²) in [6.45, 7) is 1.14. The molecule has 0 unspecified atom stereocenters. The second-order valence-corrected chi connectivity index (χ2v) is 5.69. The molecule has 1 fully saturated rings. The van der Waals surface area contributed by atoms with Gasteiger partial charge < -0.3 is 10.1 Å². The summed E-state index contributed by atoms with van der Waals surface area (Å²) in [7, 11) is 2.03. The van der Waals surface area contributed by atoms with Gasteiger partial charge in [-0.25, -0.2) is 0 Å². The highest BCUT2D eigenvalue weighted by molar-refractivity contribution is 9.10. The molecule has 0 heterocycles. The molecule has 0 spiro atoms. The van der Waals surface area contributed by atoms with E-state index in [0.29, 0.717) is 6.10 Å². The Hall–Kier alpha value is -0.540. The molecule has 17 heavy (non-hydrogen) atoms. The molecule has 1 aromatic carbocycles. The summed E-state index contributed by atoms with van der Waals surface area (Å²) in [6, 6.07) is 8.12. The van der Waals surface area contributed by atoms with Crippen LogP contribution in [0, 0.1) is 5.92 Å². The zero-order valence-corrected chi connectivity index (χ0v) is 11.9. The van der Waals surface area contributed by atoms with Crippen molar-refractivity contribution < 1.29 is 4.74 Å². The quantitative estimate of drug-likeness (QED) is 0.917. The first-order valence-corrected chi connectivity index (χ1v) is 7.14. The first kappa shape index (κ1) is 12.9. The molecule has 1 aliphatic rings. The summed E-state index contributed by atoms with van der Waals surface area (Å²) in [5.74, 6) is 1.82. The minimum Gasteiger partial charge on any atom is -0.490 e. The molecule has 0 atom stereocenters. The molecular weight excluding hydrogens is 278 g/mol. The molecule has 3 heteroatoms. The first-order chi connectivity index (χ1) is 8.28. The van der Waals surface area contributed by atoms with E-state index in [9.17, 15) is 0 Å². The Morgan fingerprint density at radius 2 is 2.06 bits per heavy atom. The minimum atomic E-state index is 0.400. The lowest BCUT2D eigenvalue weighted by atomic mass is 9.87. The SMILES string of the molecule is CNCC1CCC(Oc2cccc(Br)c2)CC1. The number of hydrogen-bond acceptors (Lipinski definition) is 2. The fourth-order valence-corrected chi connectivity index (χ4v) is 2.85.